The zero-order valence-corrected chi connectivity index (χ0v) is 13.0. The second-order valence-electron chi connectivity index (χ2n) is 5.11. The van der Waals surface area contributed by atoms with Crippen LogP contribution in [0.4, 0.5) is 5.69 Å². The molecule has 1 fully saturated rings. The molecule has 2 aromatic rings. The molecule has 0 saturated carbocycles. The molecule has 4 nitrogen and oxygen atoms in total. The van der Waals surface area contributed by atoms with Crippen molar-refractivity contribution in [2.24, 2.45) is 0 Å². The Morgan fingerprint density at radius 1 is 1.14 bits per heavy atom. The molecule has 0 spiro atoms. The molecular weight excluding hydrogens is 296 g/mol. The third-order valence-corrected chi connectivity index (χ3v) is 3.78. The minimum absolute atomic E-state index is 0.0389. The third-order valence-electron chi connectivity index (χ3n) is 3.48. The highest BCUT2D eigenvalue weighted by Crippen LogP contribution is 2.23. The summed E-state index contributed by atoms with van der Waals surface area (Å²) < 4.78 is 5.73. The van der Waals surface area contributed by atoms with Crippen molar-refractivity contribution in [2.45, 2.75) is 19.6 Å². The van der Waals surface area contributed by atoms with E-state index in [1.165, 1.54) is 4.90 Å². The van der Waals surface area contributed by atoms with E-state index >= 15 is 0 Å². The van der Waals surface area contributed by atoms with Crippen LogP contribution in [0.1, 0.15) is 12.5 Å². The topological polar surface area (TPSA) is 41.6 Å². The molecule has 1 N–H and O–H groups in total. The average Bonchev–Trinajstić information content (AvgIpc) is 2.80. The number of hydrogen-bond donors (Lipinski definition) is 1. The highest BCUT2D eigenvalue weighted by atomic mass is 32.1. The Hall–Kier alpha value is -2.40. The van der Waals surface area contributed by atoms with Crippen LogP contribution in [0.3, 0.4) is 0 Å². The average molecular weight is 312 g/mol. The monoisotopic (exact) mass is 312 g/mol. The molecule has 1 aliphatic rings. The Morgan fingerprint density at radius 2 is 1.82 bits per heavy atom. The van der Waals surface area contributed by atoms with E-state index in [1.54, 1.807) is 6.92 Å². The van der Waals surface area contributed by atoms with Crippen molar-refractivity contribution in [1.29, 1.82) is 0 Å². The van der Waals surface area contributed by atoms with E-state index in [0.29, 0.717) is 11.7 Å². The molecule has 1 unspecified atom stereocenters. The molecule has 0 aromatic heterocycles. The molecule has 1 saturated heterocycles. The molecule has 1 amide bonds. The predicted molar refractivity (Wildman–Crippen MR) is 89.9 cm³/mol. The van der Waals surface area contributed by atoms with E-state index in [9.17, 15) is 4.79 Å². The van der Waals surface area contributed by atoms with Crippen LogP contribution in [-0.2, 0) is 11.4 Å². The van der Waals surface area contributed by atoms with Gasteiger partial charge in [0.15, 0.2) is 5.11 Å². The molecule has 22 heavy (non-hydrogen) atoms. The summed E-state index contributed by atoms with van der Waals surface area (Å²) >= 11 is 5.19. The standard InChI is InChI=1S/C17H16N2O2S/c1-12-16(20)19(17(22)18-12)14-7-9-15(10-8-14)21-11-13-5-3-2-4-6-13/h2-10,12H,11H2,1H3,(H,18,22). The molecule has 0 aliphatic carbocycles. The molecule has 2 aromatic carbocycles. The number of amides is 1. The number of ether oxygens (including phenoxy) is 1. The highest BCUT2D eigenvalue weighted by Gasteiger charge is 2.33. The van der Waals surface area contributed by atoms with Crippen molar-refractivity contribution in [3.63, 3.8) is 0 Å². The lowest BCUT2D eigenvalue weighted by molar-refractivity contribution is -0.117. The first-order chi connectivity index (χ1) is 10.6. The van der Waals surface area contributed by atoms with E-state index < -0.39 is 0 Å². The van der Waals surface area contributed by atoms with Gasteiger partial charge >= 0.3 is 0 Å². The quantitative estimate of drug-likeness (QED) is 0.882. The van der Waals surface area contributed by atoms with E-state index in [0.717, 1.165) is 17.0 Å². The first-order valence-corrected chi connectivity index (χ1v) is 7.47. The van der Waals surface area contributed by atoms with Gasteiger partial charge in [0.1, 0.15) is 18.4 Å². The van der Waals surface area contributed by atoms with Crippen molar-refractivity contribution in [1.82, 2.24) is 5.32 Å². The van der Waals surface area contributed by atoms with E-state index in [1.807, 2.05) is 54.6 Å². The fourth-order valence-corrected chi connectivity index (χ4v) is 2.65. The second-order valence-corrected chi connectivity index (χ2v) is 5.50. The number of rotatable bonds is 4. The van der Waals surface area contributed by atoms with Crippen LogP contribution in [0.15, 0.2) is 54.6 Å². The number of benzene rings is 2. The molecule has 3 rings (SSSR count). The van der Waals surface area contributed by atoms with Crippen LogP contribution in [0, 0.1) is 0 Å². The number of anilines is 1. The van der Waals surface area contributed by atoms with Gasteiger partial charge in [-0.3, -0.25) is 9.69 Å². The van der Waals surface area contributed by atoms with E-state index in [-0.39, 0.29) is 11.9 Å². The molecule has 5 heteroatoms. The maximum atomic E-state index is 12.1. The first-order valence-electron chi connectivity index (χ1n) is 7.06. The number of nitrogens with zero attached hydrogens (tertiary/aromatic N) is 1. The fraction of sp³-hybridized carbons (Fsp3) is 0.176. The van der Waals surface area contributed by atoms with Gasteiger partial charge in [0, 0.05) is 0 Å². The van der Waals surface area contributed by atoms with Gasteiger partial charge in [-0.1, -0.05) is 30.3 Å². The summed E-state index contributed by atoms with van der Waals surface area (Å²) in [6, 6.07) is 17.1. The minimum atomic E-state index is -0.276. The summed E-state index contributed by atoms with van der Waals surface area (Å²) in [6.45, 7) is 2.31. The zero-order valence-electron chi connectivity index (χ0n) is 12.2. The van der Waals surface area contributed by atoms with Crippen LogP contribution < -0.4 is 15.0 Å². The highest BCUT2D eigenvalue weighted by molar-refractivity contribution is 7.80. The van der Waals surface area contributed by atoms with Gasteiger partial charge in [-0.05, 0) is 49.0 Å². The summed E-state index contributed by atoms with van der Waals surface area (Å²) in [5.41, 5.74) is 1.86. The Kier molecular flexibility index (Phi) is 4.06. The summed E-state index contributed by atoms with van der Waals surface area (Å²) in [7, 11) is 0. The lowest BCUT2D eigenvalue weighted by Gasteiger charge is -2.15. The van der Waals surface area contributed by atoms with Gasteiger partial charge in [0.2, 0.25) is 0 Å². The largest absolute Gasteiger partial charge is 0.489 e. The maximum absolute atomic E-state index is 12.1. The lowest BCUT2D eigenvalue weighted by Crippen LogP contribution is -2.30. The smallest absolute Gasteiger partial charge is 0.255 e. The van der Waals surface area contributed by atoms with Crippen molar-refractivity contribution >= 4 is 28.9 Å². The van der Waals surface area contributed by atoms with Gasteiger partial charge in [-0.15, -0.1) is 0 Å². The Morgan fingerprint density at radius 3 is 2.41 bits per heavy atom. The number of carbonyl (C=O) groups excluding carboxylic acids is 1. The zero-order chi connectivity index (χ0) is 15.5. The van der Waals surface area contributed by atoms with Gasteiger partial charge in [0.25, 0.3) is 5.91 Å². The van der Waals surface area contributed by atoms with Gasteiger partial charge in [-0.25, -0.2) is 0 Å². The van der Waals surface area contributed by atoms with Crippen molar-refractivity contribution in [2.75, 3.05) is 4.90 Å². The number of thiocarbonyl (C=S) groups is 1. The van der Waals surface area contributed by atoms with Crippen LogP contribution in [-0.4, -0.2) is 17.1 Å². The molecule has 1 heterocycles. The number of carbonyl (C=O) groups is 1. The lowest BCUT2D eigenvalue weighted by atomic mass is 10.2. The molecule has 0 radical (unpaired) electrons. The maximum Gasteiger partial charge on any atom is 0.255 e. The summed E-state index contributed by atoms with van der Waals surface area (Å²) in [6.07, 6.45) is 0. The molecular formula is C17H16N2O2S. The van der Waals surface area contributed by atoms with Gasteiger partial charge < -0.3 is 10.1 Å². The van der Waals surface area contributed by atoms with Crippen molar-refractivity contribution in [3.05, 3.63) is 60.2 Å². The van der Waals surface area contributed by atoms with Gasteiger partial charge in [0.05, 0.1) is 5.69 Å². The summed E-state index contributed by atoms with van der Waals surface area (Å²) in [5.74, 6) is 0.717. The Labute approximate surface area is 134 Å². The van der Waals surface area contributed by atoms with Crippen molar-refractivity contribution < 1.29 is 9.53 Å². The molecule has 1 atom stereocenters. The third kappa shape index (κ3) is 2.94. The molecule has 1 aliphatic heterocycles. The van der Waals surface area contributed by atoms with E-state index in [2.05, 4.69) is 5.32 Å². The van der Waals surface area contributed by atoms with Crippen LogP contribution in [0.25, 0.3) is 0 Å². The fourth-order valence-electron chi connectivity index (χ4n) is 2.28. The number of nitrogens with one attached hydrogen (secondary N) is 1. The van der Waals surface area contributed by atoms with Gasteiger partial charge in [-0.2, -0.15) is 0 Å². The second kappa shape index (κ2) is 6.15. The van der Waals surface area contributed by atoms with Crippen LogP contribution in [0.5, 0.6) is 5.75 Å². The molecule has 0 bridgehead atoms. The van der Waals surface area contributed by atoms with Crippen molar-refractivity contribution in [3.8, 4) is 5.75 Å². The van der Waals surface area contributed by atoms with E-state index in [4.69, 9.17) is 17.0 Å². The van der Waals surface area contributed by atoms with Crippen LogP contribution >= 0.6 is 12.2 Å². The first kappa shape index (κ1) is 14.5. The summed E-state index contributed by atoms with van der Waals surface area (Å²) in [5, 5.41) is 3.39. The Bertz CT molecular complexity index is 686. The van der Waals surface area contributed by atoms with Crippen LogP contribution in [0.2, 0.25) is 0 Å². The number of hydrogen-bond acceptors (Lipinski definition) is 3. The Balaban J connectivity index is 1.68. The SMILES string of the molecule is CC1NC(=S)N(c2ccc(OCc3ccccc3)cc2)C1=O. The predicted octanol–water partition coefficient (Wildman–Crippen LogP) is 2.88. The molecule has 112 valence electrons. The normalized spacial score (nSPS) is 17.5. The minimum Gasteiger partial charge on any atom is -0.489 e. The summed E-state index contributed by atoms with van der Waals surface area (Å²) in [4.78, 5) is 13.6.